The van der Waals surface area contributed by atoms with Crippen molar-refractivity contribution in [2.45, 2.75) is 96.8 Å². The molecule has 0 aromatic heterocycles. The Morgan fingerprint density at radius 2 is 1.18 bits per heavy atom. The van der Waals surface area contributed by atoms with Crippen LogP contribution < -0.4 is 0 Å². The molecule has 126 valence electrons. The number of hydrogen-bond acceptors (Lipinski definition) is 4. The third kappa shape index (κ3) is 19.5. The summed E-state index contributed by atoms with van der Waals surface area (Å²) in [5.41, 5.74) is 0. The molecular weight excluding hydrogens is 336 g/mol. The number of unbranched alkanes of at least 4 members (excludes halogenated alkanes) is 12. The quantitative estimate of drug-likeness (QED) is 0.173. The molecule has 0 aliphatic carbocycles. The van der Waals surface area contributed by atoms with E-state index in [-0.39, 0.29) is 25.9 Å². The molecule has 0 aromatic carbocycles. The van der Waals surface area contributed by atoms with Crippen molar-refractivity contribution in [1.82, 2.24) is 0 Å². The third-order valence-electron chi connectivity index (χ3n) is 3.66. The molecule has 0 bridgehead atoms. The van der Waals surface area contributed by atoms with Gasteiger partial charge in [-0.2, -0.15) is 0 Å². The van der Waals surface area contributed by atoms with Crippen LogP contribution in [0.1, 0.15) is 96.8 Å². The summed E-state index contributed by atoms with van der Waals surface area (Å²) >= 11 is 0. The zero-order valence-electron chi connectivity index (χ0n) is 14.2. The Labute approximate surface area is 147 Å². The van der Waals surface area contributed by atoms with E-state index in [0.29, 0.717) is 6.42 Å². The zero-order chi connectivity index (χ0) is 15.8. The van der Waals surface area contributed by atoms with Crippen LogP contribution in [0.2, 0.25) is 0 Å². The Balaban J connectivity index is 0. The van der Waals surface area contributed by atoms with Crippen molar-refractivity contribution in [3.05, 3.63) is 10.1 Å². The predicted octanol–water partition coefficient (Wildman–Crippen LogP) is 5.20. The summed E-state index contributed by atoms with van der Waals surface area (Å²) in [4.78, 5) is 24.6. The van der Waals surface area contributed by atoms with E-state index >= 15 is 0 Å². The molecule has 0 atom stereocenters. The SMILES string of the molecule is CCCCCCCCCCCCCCCC(=O)O[N+](=O)[O-].[Zn]. The van der Waals surface area contributed by atoms with Gasteiger partial charge < -0.3 is 0 Å². The van der Waals surface area contributed by atoms with Crippen molar-refractivity contribution < 1.29 is 34.2 Å². The molecule has 5 nitrogen and oxygen atoms in total. The van der Waals surface area contributed by atoms with Gasteiger partial charge in [0.2, 0.25) is 0 Å². The van der Waals surface area contributed by atoms with E-state index in [1.807, 2.05) is 0 Å². The Kier molecular flexibility index (Phi) is 20.0. The smallest absolute Gasteiger partial charge is 0.268 e. The first-order valence-electron chi connectivity index (χ1n) is 8.52. The second kappa shape index (κ2) is 18.5. The fraction of sp³-hybridized carbons (Fsp3) is 0.938. The molecule has 0 amide bonds. The number of carbonyl (C=O) groups excluding carboxylic acids is 1. The summed E-state index contributed by atoms with van der Waals surface area (Å²) < 4.78 is 0. The van der Waals surface area contributed by atoms with E-state index in [0.717, 1.165) is 12.8 Å². The van der Waals surface area contributed by atoms with E-state index in [2.05, 4.69) is 11.8 Å². The second-order valence-corrected chi connectivity index (χ2v) is 5.68. The third-order valence-corrected chi connectivity index (χ3v) is 3.66. The van der Waals surface area contributed by atoms with Crippen molar-refractivity contribution in [1.29, 1.82) is 0 Å². The number of carbonyl (C=O) groups is 1. The van der Waals surface area contributed by atoms with Gasteiger partial charge in [-0.25, -0.2) is 4.84 Å². The van der Waals surface area contributed by atoms with Crippen molar-refractivity contribution in [3.63, 3.8) is 0 Å². The Hall–Kier alpha value is -0.507. The molecule has 0 rings (SSSR count). The minimum absolute atomic E-state index is 0. The van der Waals surface area contributed by atoms with Gasteiger partial charge in [-0.1, -0.05) is 84.0 Å². The molecule has 0 saturated heterocycles. The Bertz CT molecular complexity index is 275. The van der Waals surface area contributed by atoms with Crippen LogP contribution >= 0.6 is 0 Å². The molecule has 0 radical (unpaired) electrons. The summed E-state index contributed by atoms with van der Waals surface area (Å²) in [6, 6.07) is 0. The first-order valence-corrected chi connectivity index (χ1v) is 8.52. The molecule has 0 N–H and O–H groups in total. The van der Waals surface area contributed by atoms with Crippen LogP contribution in [0.5, 0.6) is 0 Å². The molecule has 0 fully saturated rings. The second-order valence-electron chi connectivity index (χ2n) is 5.68. The van der Waals surface area contributed by atoms with Crippen LogP contribution in [0.3, 0.4) is 0 Å². The Morgan fingerprint density at radius 3 is 1.55 bits per heavy atom. The number of rotatable bonds is 15. The van der Waals surface area contributed by atoms with Crippen LogP contribution in [0.4, 0.5) is 0 Å². The standard InChI is InChI=1S/C16H31NO4.Zn/c1-2-3-4-5-6-7-8-9-10-11-12-13-14-15-16(18)21-17(19)20;/h2-15H2,1H3;. The fourth-order valence-corrected chi connectivity index (χ4v) is 2.42. The molecule has 6 heteroatoms. The van der Waals surface area contributed by atoms with Crippen LogP contribution in [-0.4, -0.2) is 11.1 Å². The van der Waals surface area contributed by atoms with Gasteiger partial charge in [0.05, 0.1) is 0 Å². The average molecular weight is 367 g/mol. The van der Waals surface area contributed by atoms with E-state index < -0.39 is 11.1 Å². The molecule has 0 spiro atoms. The van der Waals surface area contributed by atoms with Gasteiger partial charge in [0, 0.05) is 25.9 Å². The fourth-order valence-electron chi connectivity index (χ4n) is 2.42. The van der Waals surface area contributed by atoms with Crippen molar-refractivity contribution in [3.8, 4) is 0 Å². The van der Waals surface area contributed by atoms with Gasteiger partial charge >= 0.3 is 11.1 Å². The maximum atomic E-state index is 10.9. The van der Waals surface area contributed by atoms with Gasteiger partial charge in [0.1, 0.15) is 0 Å². The summed E-state index contributed by atoms with van der Waals surface area (Å²) in [6.45, 7) is 2.24. The number of nitrogens with zero attached hydrogens (tertiary/aromatic N) is 1. The molecule has 0 aromatic rings. The van der Waals surface area contributed by atoms with Crippen molar-refractivity contribution in [2.75, 3.05) is 0 Å². The Morgan fingerprint density at radius 1 is 0.818 bits per heavy atom. The monoisotopic (exact) mass is 365 g/mol. The van der Waals surface area contributed by atoms with E-state index in [4.69, 9.17) is 0 Å². The van der Waals surface area contributed by atoms with Gasteiger partial charge in [-0.05, 0) is 6.42 Å². The van der Waals surface area contributed by atoms with Crippen molar-refractivity contribution in [2.24, 2.45) is 0 Å². The maximum absolute atomic E-state index is 10.9. The predicted molar refractivity (Wildman–Crippen MR) is 83.4 cm³/mol. The number of hydrogen-bond donors (Lipinski definition) is 0. The molecule has 0 heterocycles. The zero-order valence-corrected chi connectivity index (χ0v) is 17.2. The topological polar surface area (TPSA) is 69.4 Å². The molecule has 0 aliphatic heterocycles. The van der Waals surface area contributed by atoms with Crippen LogP contribution in [0, 0.1) is 10.1 Å². The first kappa shape index (κ1) is 23.8. The van der Waals surface area contributed by atoms with Gasteiger partial charge in [-0.3, -0.25) is 4.79 Å². The van der Waals surface area contributed by atoms with Gasteiger partial charge in [0.15, 0.2) is 0 Å². The average Bonchev–Trinajstić information content (AvgIpc) is 2.43. The van der Waals surface area contributed by atoms with Gasteiger partial charge in [-0.15, -0.1) is 10.1 Å². The minimum Gasteiger partial charge on any atom is -0.268 e. The van der Waals surface area contributed by atoms with Crippen molar-refractivity contribution >= 4 is 5.97 Å². The molecule has 0 aliphatic rings. The van der Waals surface area contributed by atoms with E-state index in [1.54, 1.807) is 0 Å². The van der Waals surface area contributed by atoms with Crippen LogP contribution in [-0.2, 0) is 29.1 Å². The maximum Gasteiger partial charge on any atom is 0.303 e. The first-order chi connectivity index (χ1) is 10.2. The molecule has 0 saturated carbocycles. The molecule has 22 heavy (non-hydrogen) atoms. The summed E-state index contributed by atoms with van der Waals surface area (Å²) in [5, 5.41) is 8.87. The molecular formula is C16H31NO4Zn. The minimum atomic E-state index is -1.04. The van der Waals surface area contributed by atoms with Crippen LogP contribution in [0.25, 0.3) is 0 Å². The van der Waals surface area contributed by atoms with Crippen LogP contribution in [0.15, 0.2) is 0 Å². The molecule has 0 unspecified atom stereocenters. The van der Waals surface area contributed by atoms with E-state index in [1.165, 1.54) is 64.2 Å². The largest absolute Gasteiger partial charge is 0.303 e. The normalized spacial score (nSPS) is 10.0. The van der Waals surface area contributed by atoms with E-state index in [9.17, 15) is 14.9 Å². The summed E-state index contributed by atoms with van der Waals surface area (Å²) in [6.07, 6.45) is 16.2. The summed E-state index contributed by atoms with van der Waals surface area (Å²) in [5.74, 6) is -0.733. The summed E-state index contributed by atoms with van der Waals surface area (Å²) in [7, 11) is 0. The van der Waals surface area contributed by atoms with Gasteiger partial charge in [0.25, 0.3) is 0 Å².